The molecule has 1 aliphatic carbocycles. The summed E-state index contributed by atoms with van der Waals surface area (Å²) >= 11 is 1.77. The van der Waals surface area contributed by atoms with Gasteiger partial charge in [0.05, 0.1) is 5.60 Å². The van der Waals surface area contributed by atoms with Crippen LogP contribution in [0.3, 0.4) is 0 Å². The maximum atomic E-state index is 11.7. The summed E-state index contributed by atoms with van der Waals surface area (Å²) in [4.78, 5) is 14.5. The molecule has 0 saturated heterocycles. The molecule has 1 saturated carbocycles. The molecular formula is C12H18N2O2S. The minimum Gasteiger partial charge on any atom is -0.387 e. The Morgan fingerprint density at radius 1 is 1.76 bits per heavy atom. The first-order valence-corrected chi connectivity index (χ1v) is 6.96. The van der Waals surface area contributed by atoms with Crippen molar-refractivity contribution in [3.05, 3.63) is 24.0 Å². The predicted octanol–water partition coefficient (Wildman–Crippen LogP) is 1.39. The van der Waals surface area contributed by atoms with E-state index in [4.69, 9.17) is 0 Å². The standard InChI is InChI=1S/C12H18N2O2S/c1-2-17-10-5-6-12(10,16)8-14-11(15)9-4-3-7-13-9/h3-4,7,10,13,16H,2,5-6,8H2,1H3,(H,14,15)/t10-,12-/m0/s1. The number of hydrogen-bond acceptors (Lipinski definition) is 3. The highest BCUT2D eigenvalue weighted by Crippen LogP contribution is 2.40. The number of thioether (sulfide) groups is 1. The number of aliphatic hydroxyl groups is 1. The molecule has 0 aliphatic heterocycles. The Kier molecular flexibility index (Phi) is 3.79. The van der Waals surface area contributed by atoms with E-state index in [1.165, 1.54) is 0 Å². The lowest BCUT2D eigenvalue weighted by Gasteiger charge is -2.45. The van der Waals surface area contributed by atoms with Crippen LogP contribution in [0.2, 0.25) is 0 Å². The van der Waals surface area contributed by atoms with E-state index in [-0.39, 0.29) is 11.2 Å². The molecule has 1 aliphatic rings. The number of nitrogens with one attached hydrogen (secondary N) is 2. The molecule has 94 valence electrons. The molecule has 1 aromatic rings. The van der Waals surface area contributed by atoms with E-state index in [2.05, 4.69) is 17.2 Å². The van der Waals surface area contributed by atoms with Crippen LogP contribution in [0.1, 0.15) is 30.3 Å². The van der Waals surface area contributed by atoms with Crippen molar-refractivity contribution in [3.63, 3.8) is 0 Å². The van der Waals surface area contributed by atoms with Crippen LogP contribution >= 0.6 is 11.8 Å². The Labute approximate surface area is 105 Å². The lowest BCUT2D eigenvalue weighted by Crippen LogP contribution is -2.57. The Bertz CT molecular complexity index is 380. The number of aromatic amines is 1. The van der Waals surface area contributed by atoms with Crippen LogP contribution < -0.4 is 5.32 Å². The summed E-state index contributed by atoms with van der Waals surface area (Å²) in [5, 5.41) is 13.3. The number of rotatable bonds is 5. The largest absolute Gasteiger partial charge is 0.387 e. The average molecular weight is 254 g/mol. The summed E-state index contributed by atoms with van der Waals surface area (Å²) < 4.78 is 0. The fourth-order valence-corrected chi connectivity index (χ4v) is 3.24. The lowest BCUT2D eigenvalue weighted by molar-refractivity contribution is -0.0222. The quantitative estimate of drug-likeness (QED) is 0.744. The van der Waals surface area contributed by atoms with Crippen molar-refractivity contribution < 1.29 is 9.90 Å². The number of aromatic nitrogens is 1. The van der Waals surface area contributed by atoms with E-state index in [0.29, 0.717) is 12.2 Å². The normalized spacial score (nSPS) is 27.5. The summed E-state index contributed by atoms with van der Waals surface area (Å²) in [5.74, 6) is 0.841. The monoisotopic (exact) mass is 254 g/mol. The van der Waals surface area contributed by atoms with E-state index in [0.717, 1.165) is 18.6 Å². The number of H-pyrrole nitrogens is 1. The van der Waals surface area contributed by atoms with Gasteiger partial charge in [0.15, 0.2) is 0 Å². The highest BCUT2D eigenvalue weighted by atomic mass is 32.2. The van der Waals surface area contributed by atoms with E-state index < -0.39 is 5.60 Å². The first-order chi connectivity index (χ1) is 8.15. The molecule has 4 nitrogen and oxygen atoms in total. The third kappa shape index (κ3) is 2.66. The second kappa shape index (κ2) is 5.14. The maximum Gasteiger partial charge on any atom is 0.267 e. The Morgan fingerprint density at radius 2 is 2.59 bits per heavy atom. The number of amides is 1. The van der Waals surface area contributed by atoms with Gasteiger partial charge in [0.1, 0.15) is 5.69 Å². The molecule has 0 spiro atoms. The molecule has 0 bridgehead atoms. The molecule has 1 fully saturated rings. The highest BCUT2D eigenvalue weighted by Gasteiger charge is 2.45. The number of carbonyl (C=O) groups is 1. The second-order valence-corrected chi connectivity index (χ2v) is 5.83. The topological polar surface area (TPSA) is 65.1 Å². The molecule has 5 heteroatoms. The summed E-state index contributed by atoms with van der Waals surface area (Å²) in [7, 11) is 0. The van der Waals surface area contributed by atoms with E-state index in [9.17, 15) is 9.90 Å². The van der Waals surface area contributed by atoms with Gasteiger partial charge in [0, 0.05) is 18.0 Å². The molecule has 0 radical (unpaired) electrons. The molecule has 0 unspecified atom stereocenters. The van der Waals surface area contributed by atoms with E-state index in [1.807, 2.05) is 0 Å². The van der Waals surface area contributed by atoms with Crippen LogP contribution in [0.4, 0.5) is 0 Å². The summed E-state index contributed by atoms with van der Waals surface area (Å²) in [6.45, 7) is 2.42. The van der Waals surface area contributed by atoms with Gasteiger partial charge in [-0.25, -0.2) is 0 Å². The fraction of sp³-hybridized carbons (Fsp3) is 0.583. The Hall–Kier alpha value is -0.940. The molecule has 17 heavy (non-hydrogen) atoms. The van der Waals surface area contributed by atoms with Gasteiger partial charge in [-0.05, 0) is 30.7 Å². The molecule has 1 heterocycles. The molecule has 2 atom stereocenters. The number of carbonyl (C=O) groups excluding carboxylic acids is 1. The van der Waals surface area contributed by atoms with Crippen molar-refractivity contribution in [1.29, 1.82) is 0 Å². The average Bonchev–Trinajstić information content (AvgIpc) is 2.85. The van der Waals surface area contributed by atoms with Crippen molar-refractivity contribution in [1.82, 2.24) is 10.3 Å². The zero-order valence-electron chi connectivity index (χ0n) is 9.90. The van der Waals surface area contributed by atoms with Gasteiger partial charge in [-0.3, -0.25) is 4.79 Å². The molecule has 0 aromatic carbocycles. The Morgan fingerprint density at radius 3 is 3.12 bits per heavy atom. The van der Waals surface area contributed by atoms with Crippen molar-refractivity contribution >= 4 is 17.7 Å². The molecule has 3 N–H and O–H groups in total. The maximum absolute atomic E-state index is 11.7. The summed E-state index contributed by atoms with van der Waals surface area (Å²) in [6, 6.07) is 3.50. The zero-order valence-corrected chi connectivity index (χ0v) is 10.7. The van der Waals surface area contributed by atoms with E-state index >= 15 is 0 Å². The molecule has 2 rings (SSSR count). The van der Waals surface area contributed by atoms with Gasteiger partial charge in [-0.15, -0.1) is 0 Å². The van der Waals surface area contributed by atoms with Gasteiger partial charge in [-0.2, -0.15) is 11.8 Å². The molecular weight excluding hydrogens is 236 g/mol. The van der Waals surface area contributed by atoms with Crippen molar-refractivity contribution in [2.75, 3.05) is 12.3 Å². The SMILES string of the molecule is CCS[C@H]1CC[C@]1(O)CNC(=O)c1ccc[nH]1. The highest BCUT2D eigenvalue weighted by molar-refractivity contribution is 8.00. The van der Waals surface area contributed by atoms with Crippen LogP contribution in [-0.4, -0.2) is 39.1 Å². The van der Waals surface area contributed by atoms with Gasteiger partial charge in [0.2, 0.25) is 0 Å². The summed E-state index contributed by atoms with van der Waals surface area (Å²) in [6.07, 6.45) is 3.52. The zero-order chi connectivity index (χ0) is 12.3. The van der Waals surface area contributed by atoms with Crippen LogP contribution in [0.15, 0.2) is 18.3 Å². The first-order valence-electron chi connectivity index (χ1n) is 5.91. The van der Waals surface area contributed by atoms with Crippen LogP contribution in [-0.2, 0) is 0 Å². The van der Waals surface area contributed by atoms with Crippen molar-refractivity contribution in [3.8, 4) is 0 Å². The minimum atomic E-state index is -0.719. The predicted molar refractivity (Wildman–Crippen MR) is 69.2 cm³/mol. The Balaban J connectivity index is 1.84. The van der Waals surface area contributed by atoms with Gasteiger partial charge < -0.3 is 15.4 Å². The first kappa shape index (κ1) is 12.5. The van der Waals surface area contributed by atoms with Crippen LogP contribution in [0.5, 0.6) is 0 Å². The van der Waals surface area contributed by atoms with Gasteiger partial charge in [-0.1, -0.05) is 6.92 Å². The van der Waals surface area contributed by atoms with Crippen LogP contribution in [0.25, 0.3) is 0 Å². The molecule has 1 amide bonds. The van der Waals surface area contributed by atoms with Gasteiger partial charge in [0.25, 0.3) is 5.91 Å². The van der Waals surface area contributed by atoms with Crippen molar-refractivity contribution in [2.45, 2.75) is 30.6 Å². The number of hydrogen-bond donors (Lipinski definition) is 3. The minimum absolute atomic E-state index is 0.157. The van der Waals surface area contributed by atoms with Crippen molar-refractivity contribution in [2.24, 2.45) is 0 Å². The smallest absolute Gasteiger partial charge is 0.267 e. The van der Waals surface area contributed by atoms with Crippen LogP contribution in [0, 0.1) is 0 Å². The fourth-order valence-electron chi connectivity index (χ4n) is 2.04. The second-order valence-electron chi connectivity index (χ2n) is 4.35. The van der Waals surface area contributed by atoms with E-state index in [1.54, 1.807) is 30.1 Å². The lowest BCUT2D eigenvalue weighted by atomic mass is 9.79. The molecule has 1 aromatic heterocycles. The van der Waals surface area contributed by atoms with Gasteiger partial charge >= 0.3 is 0 Å². The third-order valence-corrected chi connectivity index (χ3v) is 4.61. The third-order valence-electron chi connectivity index (χ3n) is 3.20. The summed E-state index contributed by atoms with van der Waals surface area (Å²) in [5.41, 5.74) is -0.184.